The summed E-state index contributed by atoms with van der Waals surface area (Å²) in [5.74, 6) is 0.595. The molecule has 1 aromatic rings. The lowest BCUT2D eigenvalue weighted by atomic mass is 10.4. The number of nitrogens with zero attached hydrogens (tertiary/aromatic N) is 2. The van der Waals surface area contributed by atoms with Crippen molar-refractivity contribution < 1.29 is 4.74 Å². The minimum atomic E-state index is 0.479. The third-order valence-corrected chi connectivity index (χ3v) is 3.35. The van der Waals surface area contributed by atoms with Crippen LogP contribution in [0, 0.1) is 0 Å². The molecular weight excluding hydrogens is 222 g/mol. The minimum Gasteiger partial charge on any atom is -0.379 e. The first-order chi connectivity index (χ1) is 6.79. The lowest BCUT2D eigenvalue weighted by Gasteiger charge is -2.24. The van der Waals surface area contributed by atoms with Gasteiger partial charge >= 0.3 is 0 Å². The molecule has 6 heteroatoms. The molecule has 1 saturated heterocycles. The number of thioether (sulfide) groups is 1. The zero-order chi connectivity index (χ0) is 9.97. The van der Waals surface area contributed by atoms with Gasteiger partial charge in [-0.15, -0.1) is 0 Å². The molecule has 76 valence electrons. The number of anilines is 1. The molecule has 0 bridgehead atoms. The third kappa shape index (κ3) is 2.10. The van der Waals surface area contributed by atoms with Gasteiger partial charge in [-0.1, -0.05) is 23.4 Å². The molecule has 0 amide bonds. The van der Waals surface area contributed by atoms with Gasteiger partial charge in [0.25, 0.3) is 0 Å². The minimum absolute atomic E-state index is 0.479. The van der Waals surface area contributed by atoms with Gasteiger partial charge in [0.2, 0.25) is 5.95 Å². The second-order valence-corrected chi connectivity index (χ2v) is 4.57. The van der Waals surface area contributed by atoms with Crippen LogP contribution in [0.2, 0.25) is 5.02 Å². The number of hydrogen-bond donors (Lipinski definition) is 1. The summed E-state index contributed by atoms with van der Waals surface area (Å²) in [4.78, 5) is 8.28. The number of ether oxygens (including phenoxy) is 1. The van der Waals surface area contributed by atoms with Crippen molar-refractivity contribution in [3.8, 4) is 0 Å². The first kappa shape index (κ1) is 10.0. The zero-order valence-corrected chi connectivity index (χ0v) is 9.23. The molecule has 2 rings (SSSR count). The van der Waals surface area contributed by atoms with Crippen LogP contribution in [0.4, 0.5) is 5.95 Å². The van der Waals surface area contributed by atoms with E-state index in [0.717, 1.165) is 18.2 Å². The number of nitrogens with one attached hydrogen (secondary N) is 1. The molecule has 0 aromatic carbocycles. The molecule has 0 radical (unpaired) electrons. The van der Waals surface area contributed by atoms with Gasteiger partial charge < -0.3 is 10.1 Å². The van der Waals surface area contributed by atoms with E-state index in [1.165, 1.54) is 0 Å². The quantitative estimate of drug-likeness (QED) is 0.802. The average Bonchev–Trinajstić information content (AvgIpc) is 2.14. The predicted octanol–water partition coefficient (Wildman–Crippen LogP) is 1.66. The maximum Gasteiger partial charge on any atom is 0.223 e. The van der Waals surface area contributed by atoms with Crippen molar-refractivity contribution in [1.82, 2.24) is 9.97 Å². The molecule has 0 saturated carbocycles. The van der Waals surface area contributed by atoms with Gasteiger partial charge in [-0.25, -0.2) is 9.97 Å². The predicted molar refractivity (Wildman–Crippen MR) is 57.1 cm³/mol. The maximum absolute atomic E-state index is 5.96. The summed E-state index contributed by atoms with van der Waals surface area (Å²) in [7, 11) is 1.78. The number of aromatic nitrogens is 2. The number of rotatable bonds is 3. The van der Waals surface area contributed by atoms with Crippen molar-refractivity contribution in [2.24, 2.45) is 0 Å². The van der Waals surface area contributed by atoms with Gasteiger partial charge in [0.1, 0.15) is 5.03 Å². The lowest BCUT2D eigenvalue weighted by Crippen LogP contribution is -2.30. The normalized spacial score (nSPS) is 16.4. The van der Waals surface area contributed by atoms with Crippen LogP contribution in [0.5, 0.6) is 0 Å². The Hall–Kier alpha value is -0.520. The zero-order valence-electron chi connectivity index (χ0n) is 7.66. The second kappa shape index (κ2) is 4.33. The Morgan fingerprint density at radius 3 is 3.00 bits per heavy atom. The number of halogens is 1. The molecule has 14 heavy (non-hydrogen) atoms. The van der Waals surface area contributed by atoms with Crippen LogP contribution in [0.25, 0.3) is 0 Å². The Kier molecular flexibility index (Phi) is 3.10. The van der Waals surface area contributed by atoms with E-state index < -0.39 is 0 Å². The molecule has 0 atom stereocenters. The molecule has 1 aliphatic rings. The molecule has 4 nitrogen and oxygen atoms in total. The molecule has 1 N–H and O–H groups in total. The van der Waals surface area contributed by atoms with Crippen LogP contribution in [0.1, 0.15) is 0 Å². The molecule has 1 aromatic heterocycles. The fourth-order valence-corrected chi connectivity index (χ4v) is 2.17. The Bertz CT molecular complexity index is 332. The highest BCUT2D eigenvalue weighted by atomic mass is 35.5. The summed E-state index contributed by atoms with van der Waals surface area (Å²) in [6, 6.07) is 0. The first-order valence-electron chi connectivity index (χ1n) is 4.24. The Balaban J connectivity index is 2.13. The molecule has 1 aliphatic heterocycles. The summed E-state index contributed by atoms with van der Waals surface area (Å²) in [6.45, 7) is 1.56. The largest absolute Gasteiger partial charge is 0.379 e. The molecule has 0 unspecified atom stereocenters. The molecule has 0 spiro atoms. The van der Waals surface area contributed by atoms with Gasteiger partial charge in [0.05, 0.1) is 29.7 Å². The highest BCUT2D eigenvalue weighted by Gasteiger charge is 2.21. The van der Waals surface area contributed by atoms with Crippen LogP contribution in [-0.2, 0) is 4.74 Å². The van der Waals surface area contributed by atoms with Crippen LogP contribution in [0.15, 0.2) is 11.2 Å². The fourth-order valence-electron chi connectivity index (χ4n) is 0.995. The standard InChI is InChI=1S/C8H10ClN3OS/c1-10-8-11-2-6(9)7(12-8)14-5-3-13-4-5/h2,5H,3-4H2,1H3,(H,10,11,12). The summed E-state index contributed by atoms with van der Waals surface area (Å²) in [5, 5.41) is 4.77. The van der Waals surface area contributed by atoms with Gasteiger partial charge in [-0.3, -0.25) is 0 Å². The summed E-state index contributed by atoms with van der Waals surface area (Å²) in [5.41, 5.74) is 0. The summed E-state index contributed by atoms with van der Waals surface area (Å²) in [6.07, 6.45) is 1.61. The van der Waals surface area contributed by atoms with E-state index >= 15 is 0 Å². The Morgan fingerprint density at radius 2 is 2.43 bits per heavy atom. The molecule has 2 heterocycles. The molecule has 0 aliphatic carbocycles. The second-order valence-electron chi connectivity index (χ2n) is 2.87. The summed E-state index contributed by atoms with van der Waals surface area (Å²) < 4.78 is 5.08. The number of hydrogen-bond acceptors (Lipinski definition) is 5. The smallest absolute Gasteiger partial charge is 0.223 e. The van der Waals surface area contributed by atoms with Gasteiger partial charge in [-0.2, -0.15) is 0 Å². The lowest BCUT2D eigenvalue weighted by molar-refractivity contribution is 0.0455. The van der Waals surface area contributed by atoms with E-state index in [2.05, 4.69) is 15.3 Å². The van der Waals surface area contributed by atoms with Crippen LogP contribution in [-0.4, -0.2) is 35.5 Å². The van der Waals surface area contributed by atoms with Crippen molar-refractivity contribution in [1.29, 1.82) is 0 Å². The molecule has 1 fully saturated rings. The van der Waals surface area contributed by atoms with E-state index in [0.29, 0.717) is 16.2 Å². The fraction of sp³-hybridized carbons (Fsp3) is 0.500. The van der Waals surface area contributed by atoms with Crippen LogP contribution in [0.3, 0.4) is 0 Å². The monoisotopic (exact) mass is 231 g/mol. The van der Waals surface area contributed by atoms with Gasteiger partial charge in [-0.05, 0) is 0 Å². The van der Waals surface area contributed by atoms with Crippen molar-refractivity contribution >= 4 is 29.3 Å². The Labute approximate surface area is 91.4 Å². The van der Waals surface area contributed by atoms with E-state index in [1.54, 1.807) is 25.0 Å². The first-order valence-corrected chi connectivity index (χ1v) is 5.50. The average molecular weight is 232 g/mol. The third-order valence-electron chi connectivity index (χ3n) is 1.82. The van der Waals surface area contributed by atoms with Gasteiger partial charge in [0.15, 0.2) is 0 Å². The van der Waals surface area contributed by atoms with E-state index in [9.17, 15) is 0 Å². The van der Waals surface area contributed by atoms with Crippen LogP contribution >= 0.6 is 23.4 Å². The van der Waals surface area contributed by atoms with Crippen molar-refractivity contribution in [3.05, 3.63) is 11.2 Å². The highest BCUT2D eigenvalue weighted by Crippen LogP contribution is 2.31. The van der Waals surface area contributed by atoms with E-state index in [1.807, 2.05) is 0 Å². The van der Waals surface area contributed by atoms with Crippen LogP contribution < -0.4 is 5.32 Å². The topological polar surface area (TPSA) is 47.0 Å². The van der Waals surface area contributed by atoms with Crippen molar-refractivity contribution in [2.45, 2.75) is 10.3 Å². The summed E-state index contributed by atoms with van der Waals surface area (Å²) >= 11 is 7.60. The highest BCUT2D eigenvalue weighted by molar-refractivity contribution is 8.00. The van der Waals surface area contributed by atoms with E-state index in [4.69, 9.17) is 16.3 Å². The SMILES string of the molecule is CNc1ncc(Cl)c(SC2COC2)n1. The van der Waals surface area contributed by atoms with E-state index in [-0.39, 0.29) is 0 Å². The maximum atomic E-state index is 5.96. The van der Waals surface area contributed by atoms with Crippen molar-refractivity contribution in [3.63, 3.8) is 0 Å². The van der Waals surface area contributed by atoms with Gasteiger partial charge in [0, 0.05) is 7.05 Å². The molecular formula is C8H10ClN3OS. The van der Waals surface area contributed by atoms with Crippen molar-refractivity contribution in [2.75, 3.05) is 25.6 Å². The Morgan fingerprint density at radius 1 is 1.64 bits per heavy atom.